The smallest absolute Gasteiger partial charge is 0.426 e. The maximum absolute atomic E-state index is 13.7. The maximum Gasteiger partial charge on any atom is 0.426 e. The third kappa shape index (κ3) is 7.72. The van der Waals surface area contributed by atoms with Crippen molar-refractivity contribution < 1.29 is 35.8 Å². The number of para-hydroxylation sites is 2. The summed E-state index contributed by atoms with van der Waals surface area (Å²) in [6.07, 6.45) is -9.92. The molecule has 0 amide bonds. The summed E-state index contributed by atoms with van der Waals surface area (Å²) in [5.74, 6) is 0.0962. The van der Waals surface area contributed by atoms with Crippen LogP contribution >= 0.6 is 23.2 Å². The molecule has 12 heteroatoms. The Morgan fingerprint density at radius 2 is 1.46 bits per heavy atom. The van der Waals surface area contributed by atoms with E-state index in [0.717, 1.165) is 0 Å². The van der Waals surface area contributed by atoms with Gasteiger partial charge in [-0.05, 0) is 49.1 Å². The van der Waals surface area contributed by atoms with Gasteiger partial charge in [-0.2, -0.15) is 26.3 Å². The molecule has 2 aromatic carbocycles. The highest BCUT2D eigenvalue weighted by Gasteiger charge is 2.69. The van der Waals surface area contributed by atoms with E-state index in [1.165, 1.54) is 24.4 Å². The molecule has 0 N–H and O–H groups in total. The van der Waals surface area contributed by atoms with E-state index in [0.29, 0.717) is 16.5 Å². The van der Waals surface area contributed by atoms with Crippen molar-refractivity contribution in [2.75, 3.05) is 6.61 Å². The van der Waals surface area contributed by atoms with Gasteiger partial charge < -0.3 is 9.47 Å². The van der Waals surface area contributed by atoms with E-state index < -0.39 is 36.1 Å². The average Bonchev–Trinajstić information content (AvgIpc) is 2.84. The highest BCUT2D eigenvalue weighted by molar-refractivity contribution is 6.39. The van der Waals surface area contributed by atoms with Crippen LogP contribution in [0, 0.1) is 5.41 Å². The first-order chi connectivity index (χ1) is 18.8. The minimum absolute atomic E-state index is 0.0328. The predicted molar refractivity (Wildman–Crippen MR) is 149 cm³/mol. The van der Waals surface area contributed by atoms with E-state index in [-0.39, 0.29) is 34.1 Å². The Kier molecular flexibility index (Phi) is 9.72. The summed E-state index contributed by atoms with van der Waals surface area (Å²) >= 11 is 12.7. The number of pyridine rings is 1. The van der Waals surface area contributed by atoms with E-state index >= 15 is 0 Å². The predicted octanol–water partition coefficient (Wildman–Crippen LogP) is 9.95. The topological polar surface area (TPSA) is 43.7 Å². The molecule has 0 aliphatic rings. The maximum atomic E-state index is 13.7. The second kappa shape index (κ2) is 12.2. The van der Waals surface area contributed by atoms with Crippen LogP contribution in [-0.4, -0.2) is 41.4 Å². The Morgan fingerprint density at radius 1 is 0.902 bits per heavy atom. The molecule has 3 aromatic rings. The minimum atomic E-state index is -5.78. The van der Waals surface area contributed by atoms with Gasteiger partial charge in [0.15, 0.2) is 6.10 Å². The van der Waals surface area contributed by atoms with Gasteiger partial charge in [-0.3, -0.25) is 4.98 Å². The van der Waals surface area contributed by atoms with Crippen molar-refractivity contribution in [1.82, 2.24) is 4.98 Å². The van der Waals surface area contributed by atoms with Crippen LogP contribution in [0.1, 0.15) is 34.6 Å². The fourth-order valence-electron chi connectivity index (χ4n) is 3.91. The largest absolute Gasteiger partial charge is 0.479 e. The standard InChI is InChI=1S/C29H28Cl2F6N2O2/c1-17(15-26(2,3)4)23(39-25-19(30)11-7-12-20(25)31)22(16-40-27(5,28(32,33)34)29(35,36)37)41-21-13-6-9-18-10-8-14-38-24(18)21/h6-15,22H,16H2,1-5H3/b17-15-,39-23?/t22-/m0/s1. The number of allylic oxidation sites excluding steroid dienone is 1. The number of ether oxygens (including phenoxy) is 2. The summed E-state index contributed by atoms with van der Waals surface area (Å²) in [6.45, 7) is 5.95. The molecule has 0 unspecified atom stereocenters. The van der Waals surface area contributed by atoms with Gasteiger partial charge in [0.2, 0.25) is 0 Å². The van der Waals surface area contributed by atoms with Gasteiger partial charge >= 0.3 is 12.4 Å². The summed E-state index contributed by atoms with van der Waals surface area (Å²) < 4.78 is 93.3. The van der Waals surface area contributed by atoms with Crippen molar-refractivity contribution in [3.63, 3.8) is 0 Å². The highest BCUT2D eigenvalue weighted by atomic mass is 35.5. The number of alkyl halides is 6. The van der Waals surface area contributed by atoms with E-state index in [2.05, 4.69) is 9.98 Å². The molecule has 0 aliphatic carbocycles. The van der Waals surface area contributed by atoms with Crippen LogP contribution in [-0.2, 0) is 4.74 Å². The molecule has 0 saturated heterocycles. The molecule has 222 valence electrons. The summed E-state index contributed by atoms with van der Waals surface area (Å²) in [5.41, 5.74) is -4.19. The van der Waals surface area contributed by atoms with Crippen LogP contribution < -0.4 is 4.74 Å². The van der Waals surface area contributed by atoms with E-state index in [4.69, 9.17) is 32.7 Å². The molecule has 1 atom stereocenters. The molecule has 0 radical (unpaired) electrons. The molecule has 0 saturated carbocycles. The van der Waals surface area contributed by atoms with Gasteiger partial charge in [-0.15, -0.1) is 0 Å². The van der Waals surface area contributed by atoms with Crippen LogP contribution in [0.5, 0.6) is 5.75 Å². The first-order valence-electron chi connectivity index (χ1n) is 12.3. The van der Waals surface area contributed by atoms with Gasteiger partial charge in [0, 0.05) is 11.6 Å². The number of hydrogen-bond acceptors (Lipinski definition) is 4. The van der Waals surface area contributed by atoms with Crippen LogP contribution in [0.3, 0.4) is 0 Å². The lowest BCUT2D eigenvalue weighted by molar-refractivity contribution is -0.375. The Balaban J connectivity index is 2.26. The van der Waals surface area contributed by atoms with Gasteiger partial charge in [-0.25, -0.2) is 4.99 Å². The van der Waals surface area contributed by atoms with Crippen LogP contribution in [0.4, 0.5) is 32.0 Å². The summed E-state index contributed by atoms with van der Waals surface area (Å²) in [4.78, 5) is 8.81. The minimum Gasteiger partial charge on any atom is -0.479 e. The Morgan fingerprint density at radius 3 is 2.02 bits per heavy atom. The zero-order valence-electron chi connectivity index (χ0n) is 22.8. The third-order valence-electron chi connectivity index (χ3n) is 6.00. The summed E-state index contributed by atoms with van der Waals surface area (Å²) in [5, 5.41) is 0.857. The number of fused-ring (bicyclic) bond motifs is 1. The normalized spacial score (nSPS) is 14.9. The number of hydrogen-bond donors (Lipinski definition) is 0. The molecule has 0 fully saturated rings. The molecule has 0 aliphatic heterocycles. The zero-order valence-corrected chi connectivity index (χ0v) is 24.3. The van der Waals surface area contributed by atoms with Gasteiger partial charge in [0.25, 0.3) is 5.60 Å². The Hall–Kier alpha value is -2.82. The van der Waals surface area contributed by atoms with Gasteiger partial charge in [-0.1, -0.05) is 74.3 Å². The number of nitrogens with zero attached hydrogens (tertiary/aromatic N) is 2. The third-order valence-corrected chi connectivity index (χ3v) is 6.61. The molecule has 1 aromatic heterocycles. The molecular formula is C29H28Cl2F6N2O2. The van der Waals surface area contributed by atoms with Crippen molar-refractivity contribution in [3.05, 3.63) is 76.4 Å². The van der Waals surface area contributed by atoms with Gasteiger partial charge in [0.05, 0.1) is 22.4 Å². The number of rotatable bonds is 8. The second-order valence-electron chi connectivity index (χ2n) is 10.5. The SMILES string of the molecule is C/C(=C/C(C)(C)C)C(=Nc1c(Cl)cccc1Cl)[C@H](COC(C)(C(F)(F)F)C(F)(F)F)Oc1cccc2cccnc12. The van der Waals surface area contributed by atoms with E-state index in [1.807, 2.05) is 20.8 Å². The van der Waals surface area contributed by atoms with Crippen LogP contribution in [0.25, 0.3) is 10.9 Å². The van der Waals surface area contributed by atoms with Crippen molar-refractivity contribution in [1.29, 1.82) is 0 Å². The molecular weight excluding hydrogens is 593 g/mol. The van der Waals surface area contributed by atoms with Crippen molar-refractivity contribution in [2.45, 2.75) is 58.7 Å². The molecule has 3 rings (SSSR count). The van der Waals surface area contributed by atoms with Crippen LogP contribution in [0.15, 0.2) is 71.4 Å². The zero-order chi connectivity index (χ0) is 30.8. The quantitative estimate of drug-likeness (QED) is 0.186. The lowest BCUT2D eigenvalue weighted by Gasteiger charge is -2.35. The first kappa shape index (κ1) is 32.7. The molecule has 4 nitrogen and oxygen atoms in total. The molecule has 0 spiro atoms. The molecule has 1 heterocycles. The van der Waals surface area contributed by atoms with Crippen LogP contribution in [0.2, 0.25) is 10.0 Å². The highest BCUT2D eigenvalue weighted by Crippen LogP contribution is 2.46. The fourth-order valence-corrected chi connectivity index (χ4v) is 4.40. The van der Waals surface area contributed by atoms with Crippen molar-refractivity contribution in [2.24, 2.45) is 10.4 Å². The van der Waals surface area contributed by atoms with Crippen molar-refractivity contribution >= 4 is 45.5 Å². The Labute approximate surface area is 244 Å². The number of halogens is 8. The summed E-state index contributed by atoms with van der Waals surface area (Å²) in [7, 11) is 0. The monoisotopic (exact) mass is 620 g/mol. The van der Waals surface area contributed by atoms with E-state index in [9.17, 15) is 26.3 Å². The molecule has 41 heavy (non-hydrogen) atoms. The fraction of sp³-hybridized carbons (Fsp3) is 0.379. The average molecular weight is 621 g/mol. The Bertz CT molecular complexity index is 1410. The molecule has 0 bridgehead atoms. The van der Waals surface area contributed by atoms with Gasteiger partial charge in [0.1, 0.15) is 17.0 Å². The number of benzene rings is 2. The lowest BCUT2D eigenvalue weighted by atomic mass is 9.91. The first-order valence-corrected chi connectivity index (χ1v) is 13.1. The number of aromatic nitrogens is 1. The number of aliphatic imine (C=N–C) groups is 1. The van der Waals surface area contributed by atoms with E-state index in [1.54, 1.807) is 43.3 Å². The van der Waals surface area contributed by atoms with Crippen molar-refractivity contribution in [3.8, 4) is 5.75 Å². The lowest BCUT2D eigenvalue weighted by Crippen LogP contribution is -2.57. The second-order valence-corrected chi connectivity index (χ2v) is 11.4. The summed E-state index contributed by atoms with van der Waals surface area (Å²) in [6, 6.07) is 12.8.